The number of benzene rings is 1. The Morgan fingerprint density at radius 3 is 2.62 bits per heavy atom. The summed E-state index contributed by atoms with van der Waals surface area (Å²) in [7, 11) is 1.69. The number of methoxy groups -OCH3 is 1. The van der Waals surface area contributed by atoms with Crippen LogP contribution in [-0.4, -0.2) is 24.2 Å². The van der Waals surface area contributed by atoms with Crippen LogP contribution in [0.25, 0.3) is 0 Å². The fraction of sp³-hybridized carbons (Fsp3) is 0.588. The van der Waals surface area contributed by atoms with E-state index in [2.05, 4.69) is 13.0 Å². The summed E-state index contributed by atoms with van der Waals surface area (Å²) in [4.78, 5) is 10.9. The second-order valence-electron chi connectivity index (χ2n) is 6.18. The smallest absolute Gasteiger partial charge is 0.320 e. The van der Waals surface area contributed by atoms with Crippen molar-refractivity contribution in [3.63, 3.8) is 0 Å². The summed E-state index contributed by atoms with van der Waals surface area (Å²) in [6.07, 6.45) is 5.19. The summed E-state index contributed by atoms with van der Waals surface area (Å²) in [6.45, 7) is 2.30. The highest BCUT2D eigenvalue weighted by Crippen LogP contribution is 2.39. The monoisotopic (exact) mass is 291 g/mol. The van der Waals surface area contributed by atoms with Crippen LogP contribution in [0.2, 0.25) is 0 Å². The zero-order chi connectivity index (χ0) is 15.4. The molecule has 0 spiro atoms. The molecule has 1 aliphatic carbocycles. The van der Waals surface area contributed by atoms with E-state index in [1.807, 2.05) is 12.1 Å². The van der Waals surface area contributed by atoms with Gasteiger partial charge in [-0.2, -0.15) is 0 Å². The van der Waals surface area contributed by atoms with Crippen molar-refractivity contribution in [2.24, 2.45) is 11.7 Å². The van der Waals surface area contributed by atoms with Crippen LogP contribution >= 0.6 is 0 Å². The summed E-state index contributed by atoms with van der Waals surface area (Å²) in [5.41, 5.74) is 7.81. The van der Waals surface area contributed by atoms with Crippen LogP contribution < -0.4 is 10.5 Å². The standard InChI is InChI=1S/C17H25NO3/c1-11-3-6-13(7-4-11)14-9-12(5-8-16(14)21-2)10-15(18)17(19)20/h5,8-9,11,13,15H,3-4,6-7,10,18H2,1-2H3,(H,19,20). The lowest BCUT2D eigenvalue weighted by molar-refractivity contribution is -0.138. The quantitative estimate of drug-likeness (QED) is 0.875. The summed E-state index contributed by atoms with van der Waals surface area (Å²) in [5.74, 6) is 1.26. The first-order chi connectivity index (χ1) is 10.0. The Labute approximate surface area is 126 Å². The van der Waals surface area contributed by atoms with Crippen LogP contribution in [0.5, 0.6) is 5.75 Å². The van der Waals surface area contributed by atoms with Crippen LogP contribution in [0.4, 0.5) is 0 Å². The molecule has 1 fully saturated rings. The summed E-state index contributed by atoms with van der Waals surface area (Å²) in [6, 6.07) is 5.09. The molecule has 1 aromatic carbocycles. The first-order valence-electron chi connectivity index (χ1n) is 7.66. The number of hydrogen-bond acceptors (Lipinski definition) is 3. The Balaban J connectivity index is 2.19. The Morgan fingerprint density at radius 1 is 1.38 bits per heavy atom. The predicted octanol–water partition coefficient (Wildman–Crippen LogP) is 2.94. The van der Waals surface area contributed by atoms with E-state index in [4.69, 9.17) is 15.6 Å². The Morgan fingerprint density at radius 2 is 2.05 bits per heavy atom. The third kappa shape index (κ3) is 3.97. The Kier molecular flexibility index (Phi) is 5.23. The fourth-order valence-electron chi connectivity index (χ4n) is 3.14. The molecule has 21 heavy (non-hydrogen) atoms. The number of hydrogen-bond donors (Lipinski definition) is 2. The van der Waals surface area contributed by atoms with Crippen molar-refractivity contribution in [1.29, 1.82) is 0 Å². The molecule has 0 heterocycles. The number of carboxylic acids is 1. The van der Waals surface area contributed by atoms with E-state index in [9.17, 15) is 4.79 Å². The molecule has 116 valence electrons. The average molecular weight is 291 g/mol. The number of carboxylic acid groups (broad SMARTS) is 1. The van der Waals surface area contributed by atoms with Crippen molar-refractivity contribution < 1.29 is 14.6 Å². The van der Waals surface area contributed by atoms with Gasteiger partial charge in [-0.05, 0) is 48.3 Å². The van der Waals surface area contributed by atoms with Gasteiger partial charge >= 0.3 is 5.97 Å². The molecule has 0 aliphatic heterocycles. The number of nitrogens with two attached hydrogens (primary N) is 1. The van der Waals surface area contributed by atoms with E-state index < -0.39 is 12.0 Å². The fourth-order valence-corrected chi connectivity index (χ4v) is 3.14. The van der Waals surface area contributed by atoms with Gasteiger partial charge in [-0.1, -0.05) is 31.9 Å². The summed E-state index contributed by atoms with van der Waals surface area (Å²) < 4.78 is 5.49. The molecule has 0 radical (unpaired) electrons. The third-order valence-electron chi connectivity index (χ3n) is 4.52. The molecule has 2 rings (SSSR count). The van der Waals surface area contributed by atoms with Crippen LogP contribution in [0.15, 0.2) is 18.2 Å². The maximum absolute atomic E-state index is 10.9. The second kappa shape index (κ2) is 6.94. The van der Waals surface area contributed by atoms with E-state index in [1.165, 1.54) is 31.2 Å². The molecule has 4 heteroatoms. The Bertz CT molecular complexity index is 493. The van der Waals surface area contributed by atoms with Crippen molar-refractivity contribution in [3.8, 4) is 5.75 Å². The van der Waals surface area contributed by atoms with Crippen molar-refractivity contribution in [1.82, 2.24) is 0 Å². The molecule has 0 saturated heterocycles. The van der Waals surface area contributed by atoms with Crippen LogP contribution in [0.3, 0.4) is 0 Å². The van der Waals surface area contributed by atoms with Crippen molar-refractivity contribution in [2.75, 3.05) is 7.11 Å². The average Bonchev–Trinajstić information content (AvgIpc) is 2.48. The molecule has 1 unspecified atom stereocenters. The number of ether oxygens (including phenoxy) is 1. The van der Waals surface area contributed by atoms with Crippen LogP contribution in [0.1, 0.15) is 49.7 Å². The zero-order valence-electron chi connectivity index (χ0n) is 12.8. The highest BCUT2D eigenvalue weighted by Gasteiger charge is 2.23. The summed E-state index contributed by atoms with van der Waals surface area (Å²) in [5, 5.41) is 8.94. The minimum atomic E-state index is -0.959. The SMILES string of the molecule is COc1ccc(CC(N)C(=O)O)cc1C1CCC(C)CC1. The first-order valence-corrected chi connectivity index (χ1v) is 7.66. The highest BCUT2D eigenvalue weighted by atomic mass is 16.5. The van der Waals surface area contributed by atoms with Gasteiger partial charge in [0.1, 0.15) is 11.8 Å². The van der Waals surface area contributed by atoms with Gasteiger partial charge in [-0.25, -0.2) is 0 Å². The molecule has 1 saturated carbocycles. The van der Waals surface area contributed by atoms with E-state index in [0.29, 0.717) is 12.3 Å². The van der Waals surface area contributed by atoms with Crippen LogP contribution in [0, 0.1) is 5.92 Å². The molecule has 0 bridgehead atoms. The minimum absolute atomic E-state index is 0.357. The lowest BCUT2D eigenvalue weighted by Gasteiger charge is -2.28. The van der Waals surface area contributed by atoms with Crippen LogP contribution in [-0.2, 0) is 11.2 Å². The van der Waals surface area contributed by atoms with Gasteiger partial charge in [0.15, 0.2) is 0 Å². The lowest BCUT2D eigenvalue weighted by Crippen LogP contribution is -2.32. The number of aliphatic carboxylic acids is 1. The maximum Gasteiger partial charge on any atom is 0.320 e. The largest absolute Gasteiger partial charge is 0.496 e. The minimum Gasteiger partial charge on any atom is -0.496 e. The van der Waals surface area contributed by atoms with Crippen molar-refractivity contribution >= 4 is 5.97 Å². The molecule has 3 N–H and O–H groups in total. The van der Waals surface area contributed by atoms with E-state index >= 15 is 0 Å². The normalized spacial score (nSPS) is 23.6. The topological polar surface area (TPSA) is 72.5 Å². The Hall–Kier alpha value is -1.55. The van der Waals surface area contributed by atoms with Gasteiger partial charge < -0.3 is 15.6 Å². The van der Waals surface area contributed by atoms with Gasteiger partial charge in [-0.3, -0.25) is 4.79 Å². The first kappa shape index (κ1) is 15.8. The number of carbonyl (C=O) groups is 1. The van der Waals surface area contributed by atoms with Gasteiger partial charge in [0.25, 0.3) is 0 Å². The molecular weight excluding hydrogens is 266 g/mol. The predicted molar refractivity (Wildman–Crippen MR) is 82.7 cm³/mol. The van der Waals surface area contributed by atoms with E-state index in [-0.39, 0.29) is 0 Å². The zero-order valence-corrected chi connectivity index (χ0v) is 12.8. The molecule has 1 aromatic rings. The molecule has 4 nitrogen and oxygen atoms in total. The van der Waals surface area contributed by atoms with Gasteiger partial charge in [0.05, 0.1) is 7.11 Å². The molecule has 0 amide bonds. The van der Waals surface area contributed by atoms with Crippen molar-refractivity contribution in [2.45, 2.75) is 51.0 Å². The maximum atomic E-state index is 10.9. The van der Waals surface area contributed by atoms with E-state index in [0.717, 1.165) is 17.2 Å². The van der Waals surface area contributed by atoms with Crippen molar-refractivity contribution in [3.05, 3.63) is 29.3 Å². The highest BCUT2D eigenvalue weighted by molar-refractivity contribution is 5.73. The summed E-state index contributed by atoms with van der Waals surface area (Å²) >= 11 is 0. The van der Waals surface area contributed by atoms with E-state index in [1.54, 1.807) is 7.11 Å². The van der Waals surface area contributed by atoms with Gasteiger partial charge in [0, 0.05) is 0 Å². The van der Waals surface area contributed by atoms with Gasteiger partial charge in [-0.15, -0.1) is 0 Å². The molecular formula is C17H25NO3. The third-order valence-corrected chi connectivity index (χ3v) is 4.52. The number of rotatable bonds is 5. The molecule has 1 aliphatic rings. The molecule has 1 atom stereocenters. The lowest BCUT2D eigenvalue weighted by atomic mass is 9.78. The molecule has 0 aromatic heterocycles. The second-order valence-corrected chi connectivity index (χ2v) is 6.18. The van der Waals surface area contributed by atoms with Gasteiger partial charge in [0.2, 0.25) is 0 Å².